The molecule has 3 N–H and O–H groups in total. The highest BCUT2D eigenvalue weighted by molar-refractivity contribution is 6.30. The zero-order chi connectivity index (χ0) is 30.5. The fraction of sp³-hybridized carbons (Fsp3) is 0.219. The molecule has 0 amide bonds. The number of nitrogens with two attached hydrogens (primary N) is 1. The van der Waals surface area contributed by atoms with E-state index in [0.29, 0.717) is 23.5 Å². The van der Waals surface area contributed by atoms with Crippen molar-refractivity contribution >= 4 is 28.9 Å². The summed E-state index contributed by atoms with van der Waals surface area (Å²) >= 11 is 6.14. The van der Waals surface area contributed by atoms with Gasteiger partial charge in [-0.2, -0.15) is 0 Å². The van der Waals surface area contributed by atoms with Crippen LogP contribution in [0, 0.1) is 10.1 Å². The Morgan fingerprint density at radius 2 is 1.84 bits per heavy atom. The Labute approximate surface area is 252 Å². The van der Waals surface area contributed by atoms with Gasteiger partial charge in [-0.05, 0) is 35.7 Å². The summed E-state index contributed by atoms with van der Waals surface area (Å²) in [5, 5.41) is 15.3. The summed E-state index contributed by atoms with van der Waals surface area (Å²) in [5.74, 6) is -0.875. The Morgan fingerprint density at radius 1 is 1.09 bits per heavy atom. The quantitative estimate of drug-likeness (QED) is 0.0593. The van der Waals surface area contributed by atoms with Crippen molar-refractivity contribution in [2.45, 2.75) is 45.1 Å². The number of nitrogens with zero attached hydrogens (tertiary/aromatic N) is 3. The summed E-state index contributed by atoms with van der Waals surface area (Å²) in [4.78, 5) is 42.4. The molecular formula is C32H30ClN5O5. The van der Waals surface area contributed by atoms with Crippen LogP contribution >= 0.6 is 11.6 Å². The number of H-pyrrole nitrogens is 1. The van der Waals surface area contributed by atoms with Crippen LogP contribution < -0.4 is 16.0 Å². The molecule has 0 aliphatic rings. The zero-order valence-corrected chi connectivity index (χ0v) is 24.2. The number of unbranched alkanes of at least 4 members (excludes halogenated alkanes) is 2. The highest BCUT2D eigenvalue weighted by Gasteiger charge is 2.24. The maximum Gasteiger partial charge on any atom is 0.328 e. The number of benzene rings is 3. The first-order valence-corrected chi connectivity index (χ1v) is 14.3. The van der Waals surface area contributed by atoms with E-state index in [1.54, 1.807) is 12.1 Å². The number of fused-ring (bicyclic) bond motifs is 1. The Morgan fingerprint density at radius 3 is 2.53 bits per heavy atom. The van der Waals surface area contributed by atoms with Gasteiger partial charge < -0.3 is 10.5 Å². The van der Waals surface area contributed by atoms with Crippen molar-refractivity contribution in [3.63, 3.8) is 0 Å². The van der Waals surface area contributed by atoms with E-state index in [1.807, 2.05) is 49.4 Å². The summed E-state index contributed by atoms with van der Waals surface area (Å²) in [6, 6.07) is 19.9. The first-order valence-electron chi connectivity index (χ1n) is 14.0. The largest absolute Gasteiger partial charge is 0.424 e. The maximum atomic E-state index is 14.0. The molecule has 0 spiro atoms. The Hall–Kier alpha value is -4.80. The third-order valence-corrected chi connectivity index (χ3v) is 7.44. The van der Waals surface area contributed by atoms with Crippen LogP contribution in [-0.2, 0) is 11.2 Å². The standard InChI is InChI=1S/C32H30ClN5O5/c1-2-3-5-10-26(34)32(40)43-28-18-23(38(41)42)15-16-24(28)25-19-35-30-29(21-11-13-22(33)14-12-21)27(36-37(30)31(25)39)17-20-8-6-4-7-9-20/h4,6-9,11-16,18-19,26,36H,2-3,5,10,17,34H2,1H3/t26-/m1/s1. The van der Waals surface area contributed by atoms with E-state index in [9.17, 15) is 19.7 Å². The monoisotopic (exact) mass is 599 g/mol. The lowest BCUT2D eigenvalue weighted by molar-refractivity contribution is -0.384. The number of hydrogen-bond donors (Lipinski definition) is 2. The highest BCUT2D eigenvalue weighted by Crippen LogP contribution is 2.34. The number of halogens is 1. The Balaban J connectivity index is 1.62. The minimum atomic E-state index is -0.911. The van der Waals surface area contributed by atoms with E-state index in [1.165, 1.54) is 22.8 Å². The molecule has 43 heavy (non-hydrogen) atoms. The van der Waals surface area contributed by atoms with E-state index in [4.69, 9.17) is 22.1 Å². The molecule has 0 saturated heterocycles. The zero-order valence-electron chi connectivity index (χ0n) is 23.5. The number of aromatic nitrogens is 3. The van der Waals surface area contributed by atoms with Crippen molar-refractivity contribution in [1.29, 1.82) is 0 Å². The lowest BCUT2D eigenvalue weighted by Gasteiger charge is -2.14. The number of non-ortho nitro benzene ring substituents is 1. The molecule has 0 aliphatic carbocycles. The van der Waals surface area contributed by atoms with Crippen LogP contribution in [0.15, 0.2) is 83.8 Å². The fourth-order valence-corrected chi connectivity index (χ4v) is 5.07. The fourth-order valence-electron chi connectivity index (χ4n) is 4.94. The summed E-state index contributed by atoms with van der Waals surface area (Å²) < 4.78 is 6.91. The van der Waals surface area contributed by atoms with Crippen LogP contribution in [0.1, 0.15) is 43.9 Å². The Bertz CT molecular complexity index is 1830. The number of carbonyl (C=O) groups is 1. The van der Waals surface area contributed by atoms with Crippen molar-refractivity contribution < 1.29 is 14.5 Å². The molecule has 0 unspecified atom stereocenters. The number of ether oxygens (including phenoxy) is 1. The average molecular weight is 600 g/mol. The van der Waals surface area contributed by atoms with Gasteiger partial charge in [0.15, 0.2) is 5.65 Å². The van der Waals surface area contributed by atoms with Crippen molar-refractivity contribution in [2.75, 3.05) is 0 Å². The molecule has 5 aromatic rings. The van der Waals surface area contributed by atoms with Gasteiger partial charge in [0, 0.05) is 40.5 Å². The number of esters is 1. The van der Waals surface area contributed by atoms with Crippen LogP contribution in [0.5, 0.6) is 5.75 Å². The molecule has 1 atom stereocenters. The SMILES string of the molecule is CCCCC[C@@H](N)C(=O)Oc1cc([N+](=O)[O-])ccc1-c1cnc2c(-c3ccc(Cl)cc3)c(Cc3ccccc3)[nH]n2c1=O. The average Bonchev–Trinajstić information content (AvgIpc) is 3.37. The molecule has 0 fully saturated rings. The summed E-state index contributed by atoms with van der Waals surface area (Å²) in [6.07, 6.45) is 4.90. The van der Waals surface area contributed by atoms with Gasteiger partial charge in [-0.15, -0.1) is 0 Å². The first-order chi connectivity index (χ1) is 20.8. The molecular weight excluding hydrogens is 570 g/mol. The van der Waals surface area contributed by atoms with E-state index >= 15 is 0 Å². The molecule has 11 heteroatoms. The number of nitrogens with one attached hydrogen (secondary N) is 1. The van der Waals surface area contributed by atoms with E-state index < -0.39 is 22.5 Å². The highest BCUT2D eigenvalue weighted by atomic mass is 35.5. The van der Waals surface area contributed by atoms with Crippen LogP contribution in [0.25, 0.3) is 27.9 Å². The van der Waals surface area contributed by atoms with Gasteiger partial charge in [0.05, 0.1) is 16.6 Å². The third-order valence-electron chi connectivity index (χ3n) is 7.19. The third kappa shape index (κ3) is 6.50. The second kappa shape index (κ2) is 13.0. The second-order valence-corrected chi connectivity index (χ2v) is 10.7. The second-order valence-electron chi connectivity index (χ2n) is 10.2. The van der Waals surface area contributed by atoms with E-state index in [2.05, 4.69) is 10.1 Å². The molecule has 0 bridgehead atoms. The molecule has 2 heterocycles. The molecule has 3 aromatic carbocycles. The molecule has 220 valence electrons. The number of rotatable bonds is 11. The van der Waals surface area contributed by atoms with Crippen molar-refractivity contribution in [1.82, 2.24) is 14.6 Å². The van der Waals surface area contributed by atoms with Crippen LogP contribution in [0.2, 0.25) is 5.02 Å². The predicted molar refractivity (Wildman–Crippen MR) is 165 cm³/mol. The van der Waals surface area contributed by atoms with Gasteiger partial charge in [0.2, 0.25) is 0 Å². The number of hydrogen-bond acceptors (Lipinski definition) is 7. The van der Waals surface area contributed by atoms with Gasteiger partial charge in [-0.3, -0.25) is 20.0 Å². The number of aromatic amines is 1. The molecule has 0 aliphatic heterocycles. The van der Waals surface area contributed by atoms with Crippen molar-refractivity contribution in [2.24, 2.45) is 5.73 Å². The van der Waals surface area contributed by atoms with Crippen LogP contribution in [0.3, 0.4) is 0 Å². The summed E-state index contributed by atoms with van der Waals surface area (Å²) in [5.41, 5.74) is 9.26. The van der Waals surface area contributed by atoms with E-state index in [-0.39, 0.29) is 22.6 Å². The van der Waals surface area contributed by atoms with Gasteiger partial charge >= 0.3 is 5.97 Å². The molecule has 0 radical (unpaired) electrons. The maximum absolute atomic E-state index is 14.0. The molecule has 10 nitrogen and oxygen atoms in total. The van der Waals surface area contributed by atoms with Gasteiger partial charge in [-0.25, -0.2) is 14.3 Å². The molecule has 2 aromatic heterocycles. The Kier molecular flexibility index (Phi) is 8.98. The lowest BCUT2D eigenvalue weighted by Crippen LogP contribution is -2.34. The number of carbonyl (C=O) groups excluding carboxylic acids is 1. The molecule has 5 rings (SSSR count). The lowest BCUT2D eigenvalue weighted by atomic mass is 10.0. The van der Waals surface area contributed by atoms with Crippen molar-refractivity contribution in [3.8, 4) is 28.0 Å². The van der Waals surface area contributed by atoms with Crippen molar-refractivity contribution in [3.05, 3.63) is 116 Å². The number of nitro groups is 1. The predicted octanol–water partition coefficient (Wildman–Crippen LogP) is 6.32. The first kappa shape index (κ1) is 29.7. The normalized spacial score (nSPS) is 11.9. The molecule has 0 saturated carbocycles. The smallest absolute Gasteiger partial charge is 0.328 e. The van der Waals surface area contributed by atoms with Crippen LogP contribution in [-0.4, -0.2) is 31.5 Å². The van der Waals surface area contributed by atoms with Crippen LogP contribution in [0.4, 0.5) is 5.69 Å². The topological polar surface area (TPSA) is 146 Å². The number of nitro benzene ring substituents is 1. The summed E-state index contributed by atoms with van der Waals surface area (Å²) in [6.45, 7) is 2.04. The van der Waals surface area contributed by atoms with Gasteiger partial charge in [0.1, 0.15) is 11.8 Å². The minimum Gasteiger partial charge on any atom is -0.424 e. The van der Waals surface area contributed by atoms with Gasteiger partial charge in [0.25, 0.3) is 11.2 Å². The minimum absolute atomic E-state index is 0.0879. The summed E-state index contributed by atoms with van der Waals surface area (Å²) in [7, 11) is 0. The van der Waals surface area contributed by atoms with Gasteiger partial charge in [-0.1, -0.05) is 80.3 Å². The van der Waals surface area contributed by atoms with E-state index in [0.717, 1.165) is 47.7 Å².